The SMILES string of the molecule is COc1ccc(S(=O)(=O)Nc2nc(O)c(C3=c4ccccc4=NC3=O)s2)cc1. The van der Waals surface area contributed by atoms with Gasteiger partial charge in [0.1, 0.15) is 10.6 Å². The van der Waals surface area contributed by atoms with Crippen LogP contribution < -0.4 is 20.0 Å². The number of aromatic hydroxyl groups is 1. The maximum absolute atomic E-state index is 12.5. The number of methoxy groups -OCH3 is 1. The molecule has 0 radical (unpaired) electrons. The highest BCUT2D eigenvalue weighted by atomic mass is 32.2. The first-order valence-corrected chi connectivity index (χ1v) is 10.3. The number of sulfonamides is 1. The number of hydrogen-bond acceptors (Lipinski definition) is 7. The van der Waals surface area contributed by atoms with Gasteiger partial charge in [-0.25, -0.2) is 13.4 Å². The Bertz CT molecular complexity index is 1310. The number of benzene rings is 2. The van der Waals surface area contributed by atoms with Gasteiger partial charge in [-0.1, -0.05) is 29.5 Å². The van der Waals surface area contributed by atoms with E-state index >= 15 is 0 Å². The van der Waals surface area contributed by atoms with Crippen LogP contribution in [0.5, 0.6) is 11.6 Å². The number of ether oxygens (including phenoxy) is 1. The summed E-state index contributed by atoms with van der Waals surface area (Å²) >= 11 is 0.859. The Kier molecular flexibility index (Phi) is 4.36. The molecule has 2 N–H and O–H groups in total. The molecule has 8 nitrogen and oxygen atoms in total. The molecule has 0 bridgehead atoms. The van der Waals surface area contributed by atoms with Crippen molar-refractivity contribution in [3.8, 4) is 11.6 Å². The molecule has 0 unspecified atom stereocenters. The van der Waals surface area contributed by atoms with Gasteiger partial charge in [0.2, 0.25) is 11.0 Å². The van der Waals surface area contributed by atoms with Crippen molar-refractivity contribution in [2.75, 3.05) is 11.8 Å². The van der Waals surface area contributed by atoms with Crippen molar-refractivity contribution < 1.29 is 23.1 Å². The first-order chi connectivity index (χ1) is 13.4. The lowest BCUT2D eigenvalue weighted by Crippen LogP contribution is -2.22. The summed E-state index contributed by atoms with van der Waals surface area (Å²) in [4.78, 5) is 20.2. The summed E-state index contributed by atoms with van der Waals surface area (Å²) in [5.41, 5.74) is 0.195. The number of fused-ring (bicyclic) bond motifs is 1. The number of carbonyl (C=O) groups is 1. The van der Waals surface area contributed by atoms with E-state index in [0.29, 0.717) is 16.3 Å². The Balaban J connectivity index is 1.71. The van der Waals surface area contributed by atoms with Crippen molar-refractivity contribution >= 4 is 38.0 Å². The molecule has 4 rings (SSSR count). The molecule has 0 saturated carbocycles. The number of nitrogens with zero attached hydrogens (tertiary/aromatic N) is 2. The Morgan fingerprint density at radius 1 is 1.11 bits per heavy atom. The summed E-state index contributed by atoms with van der Waals surface area (Å²) in [5, 5.41) is 11.2. The average Bonchev–Trinajstić information content (AvgIpc) is 3.19. The molecule has 2 heterocycles. The molecule has 10 heteroatoms. The fourth-order valence-electron chi connectivity index (χ4n) is 2.73. The summed E-state index contributed by atoms with van der Waals surface area (Å²) in [6.07, 6.45) is 0. The van der Waals surface area contributed by atoms with E-state index in [-0.39, 0.29) is 20.5 Å². The second-order valence-electron chi connectivity index (χ2n) is 5.76. The summed E-state index contributed by atoms with van der Waals surface area (Å²) in [7, 11) is -2.45. The van der Waals surface area contributed by atoms with Crippen LogP contribution in [0.25, 0.3) is 5.57 Å². The highest BCUT2D eigenvalue weighted by molar-refractivity contribution is 7.93. The van der Waals surface area contributed by atoms with E-state index in [4.69, 9.17) is 4.74 Å². The van der Waals surface area contributed by atoms with Crippen LogP contribution in [0.4, 0.5) is 5.13 Å². The standard InChI is InChI=1S/C18H13N3O5S2/c1-26-10-6-8-11(9-7-10)28(24,25)21-18-20-17(23)15(27-18)14-12-4-2-3-5-13(12)19-16(14)22/h2-9,23H,1H3,(H,20,21). The first-order valence-electron chi connectivity index (χ1n) is 7.98. The van der Waals surface area contributed by atoms with Gasteiger partial charge in [0.05, 0.1) is 22.9 Å². The molecule has 28 heavy (non-hydrogen) atoms. The number of anilines is 1. The van der Waals surface area contributed by atoms with Crippen molar-refractivity contribution in [2.45, 2.75) is 4.90 Å². The predicted molar refractivity (Wildman–Crippen MR) is 102 cm³/mol. The molecule has 1 aromatic heterocycles. The number of amides is 1. The molecule has 2 aromatic carbocycles. The van der Waals surface area contributed by atoms with E-state index in [2.05, 4.69) is 14.7 Å². The molecule has 0 atom stereocenters. The van der Waals surface area contributed by atoms with Crippen LogP contribution in [0.2, 0.25) is 0 Å². The molecule has 1 amide bonds. The number of rotatable bonds is 5. The molecule has 0 aliphatic carbocycles. The van der Waals surface area contributed by atoms with Crippen LogP contribution in [0.1, 0.15) is 4.88 Å². The number of nitrogens with one attached hydrogen (secondary N) is 1. The number of hydrogen-bond donors (Lipinski definition) is 2. The third-order valence-corrected chi connectivity index (χ3v) is 6.50. The van der Waals surface area contributed by atoms with Gasteiger partial charge in [-0.15, -0.1) is 0 Å². The predicted octanol–water partition coefficient (Wildman–Crippen LogP) is 1.02. The van der Waals surface area contributed by atoms with Crippen molar-refractivity contribution in [1.82, 2.24) is 4.98 Å². The Morgan fingerprint density at radius 3 is 2.54 bits per heavy atom. The minimum atomic E-state index is -3.93. The summed E-state index contributed by atoms with van der Waals surface area (Å²) in [5.74, 6) is -0.427. The lowest BCUT2D eigenvalue weighted by Gasteiger charge is -2.05. The van der Waals surface area contributed by atoms with Gasteiger partial charge in [-0.2, -0.15) is 4.98 Å². The van der Waals surface area contributed by atoms with Crippen molar-refractivity contribution in [1.29, 1.82) is 0 Å². The van der Waals surface area contributed by atoms with Gasteiger partial charge in [0.15, 0.2) is 0 Å². The topological polar surface area (TPSA) is 118 Å². The van der Waals surface area contributed by atoms with E-state index in [1.165, 1.54) is 31.4 Å². The van der Waals surface area contributed by atoms with Gasteiger partial charge in [-0.05, 0) is 30.3 Å². The van der Waals surface area contributed by atoms with Crippen LogP contribution in [0, 0.1) is 0 Å². The zero-order valence-corrected chi connectivity index (χ0v) is 16.0. The second-order valence-corrected chi connectivity index (χ2v) is 8.44. The fourth-order valence-corrected chi connectivity index (χ4v) is 4.88. The monoisotopic (exact) mass is 415 g/mol. The third kappa shape index (κ3) is 3.12. The quantitative estimate of drug-likeness (QED) is 0.642. The molecule has 1 aliphatic heterocycles. The van der Waals surface area contributed by atoms with E-state index < -0.39 is 21.8 Å². The Morgan fingerprint density at radius 2 is 1.82 bits per heavy atom. The summed E-state index contributed by atoms with van der Waals surface area (Å²) < 4.78 is 32.4. The first kappa shape index (κ1) is 18.1. The van der Waals surface area contributed by atoms with Crippen LogP contribution in [0.15, 0.2) is 58.4 Å². The number of thiazole rings is 1. The normalized spacial score (nSPS) is 13.2. The largest absolute Gasteiger partial charge is 0.497 e. The zero-order valence-electron chi connectivity index (χ0n) is 14.4. The van der Waals surface area contributed by atoms with Gasteiger partial charge in [-0.3, -0.25) is 9.52 Å². The number of aromatic nitrogens is 1. The Hall–Kier alpha value is -3.24. The number of carbonyl (C=O) groups excluding carboxylic acids is 1. The van der Waals surface area contributed by atoms with Gasteiger partial charge in [0.25, 0.3) is 15.9 Å². The fraction of sp³-hybridized carbons (Fsp3) is 0.0556. The Labute approximate surface area is 163 Å². The molecule has 0 spiro atoms. The van der Waals surface area contributed by atoms with Gasteiger partial charge < -0.3 is 9.84 Å². The molecule has 142 valence electrons. The zero-order chi connectivity index (χ0) is 19.9. The minimum absolute atomic E-state index is 0.00878. The minimum Gasteiger partial charge on any atom is -0.497 e. The average molecular weight is 415 g/mol. The van der Waals surface area contributed by atoms with E-state index in [9.17, 15) is 18.3 Å². The molecular formula is C18H13N3O5S2. The van der Waals surface area contributed by atoms with Crippen LogP contribution >= 0.6 is 11.3 Å². The van der Waals surface area contributed by atoms with Crippen molar-refractivity contribution in [3.05, 3.63) is 64.0 Å². The highest BCUT2D eigenvalue weighted by Gasteiger charge is 2.26. The van der Waals surface area contributed by atoms with Gasteiger partial charge in [0, 0.05) is 5.22 Å². The molecular weight excluding hydrogens is 402 g/mol. The maximum Gasteiger partial charge on any atom is 0.279 e. The van der Waals surface area contributed by atoms with Crippen molar-refractivity contribution in [3.63, 3.8) is 0 Å². The molecule has 3 aromatic rings. The van der Waals surface area contributed by atoms with Crippen LogP contribution in [0.3, 0.4) is 0 Å². The van der Waals surface area contributed by atoms with Crippen LogP contribution in [-0.2, 0) is 14.8 Å². The van der Waals surface area contributed by atoms with E-state index in [1.807, 2.05) is 0 Å². The second kappa shape index (κ2) is 6.73. The number of para-hydroxylation sites is 1. The smallest absolute Gasteiger partial charge is 0.279 e. The van der Waals surface area contributed by atoms with E-state index in [1.54, 1.807) is 24.3 Å². The van der Waals surface area contributed by atoms with Gasteiger partial charge >= 0.3 is 0 Å². The summed E-state index contributed by atoms with van der Waals surface area (Å²) in [6.45, 7) is 0. The van der Waals surface area contributed by atoms with E-state index in [0.717, 1.165) is 11.3 Å². The lowest BCUT2D eigenvalue weighted by molar-refractivity contribution is -0.112. The lowest BCUT2D eigenvalue weighted by atomic mass is 10.1. The maximum atomic E-state index is 12.5. The van der Waals surface area contributed by atoms with Crippen molar-refractivity contribution in [2.24, 2.45) is 4.99 Å². The molecule has 1 aliphatic rings. The summed E-state index contributed by atoms with van der Waals surface area (Å²) in [6, 6.07) is 12.7. The molecule has 0 saturated heterocycles. The molecule has 0 fully saturated rings. The highest BCUT2D eigenvalue weighted by Crippen LogP contribution is 2.35. The third-order valence-electron chi connectivity index (χ3n) is 4.04. The van der Waals surface area contributed by atoms with Crippen LogP contribution in [-0.4, -0.2) is 31.5 Å².